The summed E-state index contributed by atoms with van der Waals surface area (Å²) in [5.41, 5.74) is 25.1. The summed E-state index contributed by atoms with van der Waals surface area (Å²) in [6.07, 6.45) is 7.55. The molecule has 1 aromatic heterocycles. The van der Waals surface area contributed by atoms with E-state index in [9.17, 15) is 0 Å². The fourth-order valence-electron chi connectivity index (χ4n) is 5.34. The van der Waals surface area contributed by atoms with E-state index in [1.165, 1.54) is 12.8 Å². The van der Waals surface area contributed by atoms with Crippen molar-refractivity contribution in [1.82, 2.24) is 15.0 Å². The van der Waals surface area contributed by atoms with Gasteiger partial charge >= 0.3 is 0 Å². The van der Waals surface area contributed by atoms with Gasteiger partial charge in [0.2, 0.25) is 17.8 Å². The van der Waals surface area contributed by atoms with Gasteiger partial charge in [0.1, 0.15) is 0 Å². The average molecular weight is 469 g/mol. The van der Waals surface area contributed by atoms with Crippen LogP contribution in [0.4, 0.5) is 17.8 Å². The Balaban J connectivity index is 0.00000289. The summed E-state index contributed by atoms with van der Waals surface area (Å²) in [5.74, 6) is 2.09. The summed E-state index contributed by atoms with van der Waals surface area (Å²) >= 11 is 0. The maximum Gasteiger partial charge on any atom is 0.232 e. The Bertz CT molecular complexity index is 670. The Morgan fingerprint density at radius 2 is 1.22 bits per heavy atom. The summed E-state index contributed by atoms with van der Waals surface area (Å²) in [4.78, 5) is 21.4. The molecule has 0 saturated carbocycles. The molecule has 32 heavy (non-hydrogen) atoms. The van der Waals surface area contributed by atoms with E-state index < -0.39 is 0 Å². The Kier molecular flexibility index (Phi) is 8.74. The number of piperidine rings is 3. The molecule has 0 aliphatic carbocycles. The Morgan fingerprint density at radius 3 is 1.69 bits per heavy atom. The molecular weight excluding hydrogens is 428 g/mol. The molecule has 0 bridgehead atoms. The van der Waals surface area contributed by atoms with Crippen LogP contribution >= 0.6 is 12.4 Å². The Labute approximate surface area is 197 Å². The Hall–Kier alpha value is -1.46. The van der Waals surface area contributed by atoms with Crippen LogP contribution in [0.5, 0.6) is 0 Å². The molecule has 0 aromatic carbocycles. The molecule has 1 aromatic rings. The number of hydrogen-bond acceptors (Lipinski definition) is 10. The first-order chi connectivity index (χ1) is 14.9. The van der Waals surface area contributed by atoms with Crippen molar-refractivity contribution in [2.24, 2.45) is 22.9 Å². The van der Waals surface area contributed by atoms with Crippen molar-refractivity contribution in [1.29, 1.82) is 0 Å². The number of rotatable bonds is 5. The van der Waals surface area contributed by atoms with Crippen LogP contribution in [0.15, 0.2) is 0 Å². The molecule has 0 amide bonds. The zero-order valence-electron chi connectivity index (χ0n) is 19.3. The quantitative estimate of drug-likeness (QED) is 0.470. The lowest BCUT2D eigenvalue weighted by molar-refractivity contribution is 0.423. The van der Waals surface area contributed by atoms with Crippen molar-refractivity contribution >= 4 is 30.3 Å². The first kappa shape index (κ1) is 25.2. The summed E-state index contributed by atoms with van der Waals surface area (Å²) in [5, 5.41) is 0. The molecule has 4 heterocycles. The van der Waals surface area contributed by atoms with Gasteiger partial charge < -0.3 is 37.6 Å². The highest BCUT2D eigenvalue weighted by Gasteiger charge is 2.31. The van der Waals surface area contributed by atoms with Crippen molar-refractivity contribution in [3.05, 3.63) is 0 Å². The lowest BCUT2D eigenvalue weighted by atomic mass is 9.99. The van der Waals surface area contributed by atoms with Crippen molar-refractivity contribution in [2.45, 2.75) is 82.1 Å². The number of nitrogens with two attached hydrogens (primary N) is 4. The molecule has 3 fully saturated rings. The van der Waals surface area contributed by atoms with E-state index in [1.807, 2.05) is 0 Å². The molecule has 11 heteroatoms. The third-order valence-corrected chi connectivity index (χ3v) is 6.70. The molecule has 0 spiro atoms. The number of aromatic nitrogens is 3. The van der Waals surface area contributed by atoms with Gasteiger partial charge in [-0.2, -0.15) is 15.0 Å². The van der Waals surface area contributed by atoms with Crippen molar-refractivity contribution in [3.8, 4) is 0 Å². The second-order valence-electron chi connectivity index (χ2n) is 9.69. The minimum Gasteiger partial charge on any atom is -0.338 e. The van der Waals surface area contributed by atoms with E-state index in [-0.39, 0.29) is 36.6 Å². The number of nitrogens with zero attached hydrogens (tertiary/aromatic N) is 6. The number of anilines is 3. The van der Waals surface area contributed by atoms with Crippen LogP contribution in [-0.2, 0) is 0 Å². The fraction of sp³-hybridized carbons (Fsp3) is 0.857. The molecule has 10 nitrogen and oxygen atoms in total. The van der Waals surface area contributed by atoms with Gasteiger partial charge in [-0.15, -0.1) is 12.4 Å². The zero-order chi connectivity index (χ0) is 22.0. The van der Waals surface area contributed by atoms with Crippen LogP contribution in [0.1, 0.15) is 51.9 Å². The maximum atomic E-state index is 6.27. The number of hydrogen-bond donors (Lipinski definition) is 4. The van der Waals surface area contributed by atoms with Gasteiger partial charge in [-0.25, -0.2) is 0 Å². The highest BCUT2D eigenvalue weighted by Crippen LogP contribution is 2.29. The summed E-state index contributed by atoms with van der Waals surface area (Å²) in [7, 11) is 0. The normalized spacial score (nSPS) is 31.4. The monoisotopic (exact) mass is 468 g/mol. The number of halogens is 1. The maximum absolute atomic E-state index is 6.27. The third kappa shape index (κ3) is 5.91. The van der Waals surface area contributed by atoms with E-state index in [2.05, 4.69) is 21.6 Å². The SMILES string of the molecule is CCCC1CCCCN1c1nc(N2C[C@H](N)C[C@H](N)C2)nc(N2C[C@H](N)C[C@H](N)C2)n1.Cl. The smallest absolute Gasteiger partial charge is 0.232 e. The van der Waals surface area contributed by atoms with Gasteiger partial charge in [-0.3, -0.25) is 0 Å². The topological polar surface area (TPSA) is 152 Å². The van der Waals surface area contributed by atoms with Crippen LogP contribution in [0.3, 0.4) is 0 Å². The highest BCUT2D eigenvalue weighted by atomic mass is 35.5. The summed E-state index contributed by atoms with van der Waals surface area (Å²) in [6.45, 7) is 6.03. The van der Waals surface area contributed by atoms with E-state index in [0.717, 1.165) is 44.6 Å². The molecule has 3 saturated heterocycles. The van der Waals surface area contributed by atoms with Crippen molar-refractivity contribution in [3.63, 3.8) is 0 Å². The van der Waals surface area contributed by atoms with Crippen LogP contribution < -0.4 is 37.6 Å². The standard InChI is InChI=1S/C21H40N10.ClH/c1-2-5-18-6-3-4-7-31(18)21-27-19(29-10-14(22)8-15(23)11-29)26-20(28-21)30-12-16(24)9-17(25)13-30;/h14-18H,2-13,22-25H2,1H3;1H/t14-,15+,16-,17+,18?;. The Morgan fingerprint density at radius 1 is 0.750 bits per heavy atom. The first-order valence-electron chi connectivity index (χ1n) is 12.0. The zero-order valence-corrected chi connectivity index (χ0v) is 20.1. The second kappa shape index (κ2) is 11.1. The summed E-state index contributed by atoms with van der Waals surface area (Å²) in [6, 6.07) is 0.553. The van der Waals surface area contributed by atoms with Crippen LogP contribution in [0, 0.1) is 0 Å². The van der Waals surface area contributed by atoms with Gasteiger partial charge in [0, 0.05) is 62.9 Å². The molecule has 182 valence electrons. The summed E-state index contributed by atoms with van der Waals surface area (Å²) < 4.78 is 0. The lowest BCUT2D eigenvalue weighted by Gasteiger charge is -2.39. The van der Waals surface area contributed by atoms with Gasteiger partial charge in [0.25, 0.3) is 0 Å². The molecule has 1 unspecified atom stereocenters. The molecule has 0 radical (unpaired) electrons. The van der Waals surface area contributed by atoms with Crippen LogP contribution in [-0.4, -0.2) is 77.9 Å². The molecule has 8 N–H and O–H groups in total. The van der Waals surface area contributed by atoms with Crippen LogP contribution in [0.2, 0.25) is 0 Å². The predicted molar refractivity (Wildman–Crippen MR) is 133 cm³/mol. The van der Waals surface area contributed by atoms with Crippen LogP contribution in [0.25, 0.3) is 0 Å². The first-order valence-corrected chi connectivity index (χ1v) is 12.0. The third-order valence-electron chi connectivity index (χ3n) is 6.70. The van der Waals surface area contributed by atoms with E-state index in [0.29, 0.717) is 44.1 Å². The minimum absolute atomic E-state index is 0. The molecule has 4 rings (SSSR count). The second-order valence-corrected chi connectivity index (χ2v) is 9.69. The molecule has 5 atom stereocenters. The van der Waals surface area contributed by atoms with Gasteiger partial charge in [-0.05, 0) is 38.5 Å². The van der Waals surface area contributed by atoms with Crippen molar-refractivity contribution in [2.75, 3.05) is 47.4 Å². The van der Waals surface area contributed by atoms with Crippen molar-refractivity contribution < 1.29 is 0 Å². The van der Waals surface area contributed by atoms with E-state index >= 15 is 0 Å². The molecular formula is C21H41ClN10. The van der Waals surface area contributed by atoms with E-state index in [1.54, 1.807) is 0 Å². The minimum atomic E-state index is 0. The fourth-order valence-corrected chi connectivity index (χ4v) is 5.34. The van der Waals surface area contributed by atoms with Gasteiger partial charge in [-0.1, -0.05) is 13.3 Å². The van der Waals surface area contributed by atoms with E-state index in [4.69, 9.17) is 37.9 Å². The lowest BCUT2D eigenvalue weighted by Crippen LogP contribution is -2.54. The molecule has 3 aliphatic rings. The van der Waals surface area contributed by atoms with Gasteiger partial charge in [0.05, 0.1) is 0 Å². The van der Waals surface area contributed by atoms with Gasteiger partial charge in [0.15, 0.2) is 0 Å². The largest absolute Gasteiger partial charge is 0.338 e. The highest BCUT2D eigenvalue weighted by molar-refractivity contribution is 5.85. The molecule has 3 aliphatic heterocycles. The average Bonchev–Trinajstić information content (AvgIpc) is 2.73. The predicted octanol–water partition coefficient (Wildman–Crippen LogP) is 0.182.